The number of esters is 2. The highest BCUT2D eigenvalue weighted by Gasteiger charge is 2.17. The molecule has 0 saturated heterocycles. The SMILES string of the molecule is COC(=O)CN(CC(=O)OC)Cc1cccnc1Cl. The zero-order valence-corrected chi connectivity index (χ0v) is 11.5. The average Bonchev–Trinajstić information content (AvgIpc) is 2.40. The molecule has 0 radical (unpaired) electrons. The van der Waals surface area contributed by atoms with Crippen LogP contribution in [0, 0.1) is 0 Å². The van der Waals surface area contributed by atoms with Crippen molar-refractivity contribution < 1.29 is 19.1 Å². The van der Waals surface area contributed by atoms with Crippen LogP contribution in [-0.2, 0) is 25.6 Å². The van der Waals surface area contributed by atoms with E-state index < -0.39 is 11.9 Å². The molecule has 1 heterocycles. The van der Waals surface area contributed by atoms with E-state index in [1.54, 1.807) is 23.2 Å². The summed E-state index contributed by atoms with van der Waals surface area (Å²) in [4.78, 5) is 28.1. The van der Waals surface area contributed by atoms with E-state index in [1.165, 1.54) is 14.2 Å². The molecule has 1 aromatic rings. The number of ether oxygens (including phenoxy) is 2. The second-order valence-electron chi connectivity index (χ2n) is 3.75. The number of rotatable bonds is 6. The molecule has 104 valence electrons. The molecule has 0 bridgehead atoms. The summed E-state index contributed by atoms with van der Waals surface area (Å²) < 4.78 is 9.17. The lowest BCUT2D eigenvalue weighted by Crippen LogP contribution is -2.35. The topological polar surface area (TPSA) is 68.7 Å². The van der Waals surface area contributed by atoms with E-state index in [1.807, 2.05) is 0 Å². The molecule has 1 aromatic heterocycles. The van der Waals surface area contributed by atoms with Gasteiger partial charge in [0, 0.05) is 18.3 Å². The molecule has 0 aromatic carbocycles. The van der Waals surface area contributed by atoms with E-state index in [-0.39, 0.29) is 13.1 Å². The molecule has 0 aliphatic rings. The zero-order chi connectivity index (χ0) is 14.3. The fraction of sp³-hybridized carbons (Fsp3) is 0.417. The van der Waals surface area contributed by atoms with E-state index in [2.05, 4.69) is 14.5 Å². The number of hydrogen-bond acceptors (Lipinski definition) is 6. The first-order chi connectivity index (χ1) is 9.06. The number of halogens is 1. The molecule has 0 fully saturated rings. The van der Waals surface area contributed by atoms with Gasteiger partial charge in [0.25, 0.3) is 0 Å². The maximum Gasteiger partial charge on any atom is 0.319 e. The molecule has 7 heteroatoms. The minimum atomic E-state index is -0.441. The van der Waals surface area contributed by atoms with Crippen molar-refractivity contribution in [3.63, 3.8) is 0 Å². The first-order valence-corrected chi connectivity index (χ1v) is 5.90. The van der Waals surface area contributed by atoms with Crippen LogP contribution >= 0.6 is 11.6 Å². The Hall–Kier alpha value is -1.66. The molecule has 19 heavy (non-hydrogen) atoms. The number of methoxy groups -OCH3 is 2. The highest BCUT2D eigenvalue weighted by atomic mass is 35.5. The molecule has 0 amide bonds. The largest absolute Gasteiger partial charge is 0.468 e. The second-order valence-corrected chi connectivity index (χ2v) is 4.11. The van der Waals surface area contributed by atoms with Crippen LogP contribution in [0.3, 0.4) is 0 Å². The number of carbonyl (C=O) groups excluding carboxylic acids is 2. The predicted molar refractivity (Wildman–Crippen MR) is 68.6 cm³/mol. The minimum Gasteiger partial charge on any atom is -0.468 e. The first kappa shape index (κ1) is 15.4. The molecule has 0 aliphatic heterocycles. The van der Waals surface area contributed by atoms with Gasteiger partial charge in [0.1, 0.15) is 5.15 Å². The summed E-state index contributed by atoms with van der Waals surface area (Å²) in [7, 11) is 2.57. The van der Waals surface area contributed by atoms with E-state index in [0.717, 1.165) is 5.56 Å². The maximum atomic E-state index is 11.3. The Labute approximate surface area is 116 Å². The lowest BCUT2D eigenvalue weighted by Gasteiger charge is -2.19. The summed E-state index contributed by atoms with van der Waals surface area (Å²) in [5.74, 6) is -0.882. The number of nitrogens with zero attached hydrogens (tertiary/aromatic N) is 2. The normalized spacial score (nSPS) is 10.3. The molecular formula is C12H15ClN2O4. The molecule has 0 aliphatic carbocycles. The third-order valence-electron chi connectivity index (χ3n) is 2.39. The van der Waals surface area contributed by atoms with E-state index in [9.17, 15) is 9.59 Å². The Morgan fingerprint density at radius 3 is 2.32 bits per heavy atom. The van der Waals surface area contributed by atoms with Gasteiger partial charge in [0.15, 0.2) is 0 Å². The quantitative estimate of drug-likeness (QED) is 0.571. The van der Waals surface area contributed by atoms with Crippen LogP contribution in [0.25, 0.3) is 0 Å². The van der Waals surface area contributed by atoms with Crippen molar-refractivity contribution in [1.29, 1.82) is 0 Å². The Kier molecular flexibility index (Phi) is 6.24. The second kappa shape index (κ2) is 7.70. The predicted octanol–water partition coefficient (Wildman–Crippen LogP) is 0.883. The molecule has 6 nitrogen and oxygen atoms in total. The van der Waals surface area contributed by atoms with Gasteiger partial charge in [0.05, 0.1) is 27.3 Å². The molecule has 0 spiro atoms. The zero-order valence-electron chi connectivity index (χ0n) is 10.8. The van der Waals surface area contributed by atoms with Gasteiger partial charge in [-0.05, 0) is 6.07 Å². The van der Waals surface area contributed by atoms with Crippen LogP contribution in [0.15, 0.2) is 18.3 Å². The van der Waals surface area contributed by atoms with Gasteiger partial charge in [-0.15, -0.1) is 0 Å². The summed E-state index contributed by atoms with van der Waals surface area (Å²) in [5, 5.41) is 0.335. The summed E-state index contributed by atoms with van der Waals surface area (Å²) in [5.41, 5.74) is 0.719. The van der Waals surface area contributed by atoms with Crippen LogP contribution < -0.4 is 0 Å². The third-order valence-corrected chi connectivity index (χ3v) is 2.73. The van der Waals surface area contributed by atoms with Crippen molar-refractivity contribution in [1.82, 2.24) is 9.88 Å². The first-order valence-electron chi connectivity index (χ1n) is 5.52. The highest BCUT2D eigenvalue weighted by Crippen LogP contribution is 2.14. The number of aromatic nitrogens is 1. The smallest absolute Gasteiger partial charge is 0.319 e. The molecule has 0 saturated carbocycles. The van der Waals surface area contributed by atoms with Gasteiger partial charge in [-0.2, -0.15) is 0 Å². The molecular weight excluding hydrogens is 272 g/mol. The lowest BCUT2D eigenvalue weighted by atomic mass is 10.2. The summed E-state index contributed by atoms with van der Waals surface area (Å²) >= 11 is 5.94. The van der Waals surface area contributed by atoms with Gasteiger partial charge in [-0.25, -0.2) is 4.98 Å². The number of hydrogen-bond donors (Lipinski definition) is 0. The van der Waals surface area contributed by atoms with Crippen molar-refractivity contribution in [2.24, 2.45) is 0 Å². The van der Waals surface area contributed by atoms with Gasteiger partial charge in [-0.1, -0.05) is 17.7 Å². The van der Waals surface area contributed by atoms with Gasteiger partial charge < -0.3 is 9.47 Å². The van der Waals surface area contributed by atoms with Crippen molar-refractivity contribution in [2.45, 2.75) is 6.54 Å². The molecule has 0 N–H and O–H groups in total. The highest BCUT2D eigenvalue weighted by molar-refractivity contribution is 6.30. The fourth-order valence-electron chi connectivity index (χ4n) is 1.44. The van der Waals surface area contributed by atoms with Crippen molar-refractivity contribution in [3.05, 3.63) is 29.0 Å². The lowest BCUT2D eigenvalue weighted by molar-refractivity contribution is -0.145. The van der Waals surface area contributed by atoms with Crippen LogP contribution in [-0.4, -0.2) is 49.1 Å². The van der Waals surface area contributed by atoms with Crippen molar-refractivity contribution >= 4 is 23.5 Å². The Bertz CT molecular complexity index is 435. The number of carbonyl (C=O) groups is 2. The van der Waals surface area contributed by atoms with Gasteiger partial charge in [-0.3, -0.25) is 14.5 Å². The minimum absolute atomic E-state index is 0.0309. The summed E-state index contributed by atoms with van der Waals surface area (Å²) in [6.45, 7) is 0.241. The third kappa shape index (κ3) is 5.23. The van der Waals surface area contributed by atoms with Crippen LogP contribution in [0.5, 0.6) is 0 Å². The Balaban J connectivity index is 2.75. The Morgan fingerprint density at radius 2 is 1.84 bits per heavy atom. The van der Waals surface area contributed by atoms with Crippen molar-refractivity contribution in [3.8, 4) is 0 Å². The Morgan fingerprint density at radius 1 is 1.26 bits per heavy atom. The van der Waals surface area contributed by atoms with E-state index in [4.69, 9.17) is 11.6 Å². The van der Waals surface area contributed by atoms with Crippen LogP contribution in [0.2, 0.25) is 5.15 Å². The molecule has 0 atom stereocenters. The van der Waals surface area contributed by atoms with Crippen LogP contribution in [0.1, 0.15) is 5.56 Å². The summed E-state index contributed by atoms with van der Waals surface area (Å²) in [6, 6.07) is 3.51. The maximum absolute atomic E-state index is 11.3. The summed E-state index contributed by atoms with van der Waals surface area (Å²) in [6.07, 6.45) is 1.57. The molecule has 1 rings (SSSR count). The fourth-order valence-corrected chi connectivity index (χ4v) is 1.62. The van der Waals surface area contributed by atoms with E-state index in [0.29, 0.717) is 11.7 Å². The standard InChI is InChI=1S/C12H15ClN2O4/c1-18-10(16)7-15(8-11(17)19-2)6-9-4-3-5-14-12(9)13/h3-5H,6-8H2,1-2H3. The van der Waals surface area contributed by atoms with Crippen LogP contribution in [0.4, 0.5) is 0 Å². The van der Waals surface area contributed by atoms with Gasteiger partial charge in [0.2, 0.25) is 0 Å². The number of pyridine rings is 1. The average molecular weight is 287 g/mol. The van der Waals surface area contributed by atoms with E-state index >= 15 is 0 Å². The molecule has 0 unspecified atom stereocenters. The van der Waals surface area contributed by atoms with Crippen molar-refractivity contribution in [2.75, 3.05) is 27.3 Å². The monoisotopic (exact) mass is 286 g/mol. The van der Waals surface area contributed by atoms with Gasteiger partial charge >= 0.3 is 11.9 Å².